The van der Waals surface area contributed by atoms with Crippen LogP contribution in [0.2, 0.25) is 0 Å². The lowest BCUT2D eigenvalue weighted by atomic mass is 10.1. The normalized spacial score (nSPS) is 10.1. The van der Waals surface area contributed by atoms with Gasteiger partial charge in [-0.15, -0.1) is 0 Å². The third-order valence-corrected chi connectivity index (χ3v) is 3.66. The van der Waals surface area contributed by atoms with Crippen molar-refractivity contribution >= 4 is 11.8 Å². The summed E-state index contributed by atoms with van der Waals surface area (Å²) in [4.78, 5) is 23.8. The average molecular weight is 356 g/mol. The van der Waals surface area contributed by atoms with E-state index in [1.165, 1.54) is 0 Å². The summed E-state index contributed by atoms with van der Waals surface area (Å²) in [6, 6.07) is 14.5. The van der Waals surface area contributed by atoms with E-state index in [0.717, 1.165) is 17.1 Å². The van der Waals surface area contributed by atoms with E-state index < -0.39 is 0 Å². The van der Waals surface area contributed by atoms with E-state index in [0.29, 0.717) is 25.2 Å². The van der Waals surface area contributed by atoms with Gasteiger partial charge >= 0.3 is 0 Å². The molecule has 0 fully saturated rings. The molecule has 138 valence electrons. The number of amides is 2. The van der Waals surface area contributed by atoms with Gasteiger partial charge in [0.2, 0.25) is 5.91 Å². The van der Waals surface area contributed by atoms with Crippen LogP contribution in [0, 0.1) is 6.92 Å². The van der Waals surface area contributed by atoms with Crippen molar-refractivity contribution in [3.63, 3.8) is 0 Å². The summed E-state index contributed by atoms with van der Waals surface area (Å²) in [5.41, 5.74) is 6.22. The minimum atomic E-state index is -0.331. The number of carbonyl (C=O) groups excluding carboxylic acids is 2. The molecule has 0 spiro atoms. The standard InChI is InChI=1S/C20H24N2O4/c1-3-25-16-10-12-17(13-11-16)26-14-6-9-19(23)21-22-20(24)18-8-5-4-7-15(18)2/h4-5,7-8,10-13H,3,6,9,14H2,1-2H3,(H,21,23)(H,22,24). The van der Waals surface area contributed by atoms with Crippen LogP contribution in [0.1, 0.15) is 35.7 Å². The van der Waals surface area contributed by atoms with E-state index in [-0.39, 0.29) is 18.2 Å². The maximum Gasteiger partial charge on any atom is 0.269 e. The Bertz CT molecular complexity index is 729. The Kier molecular flexibility index (Phi) is 7.49. The van der Waals surface area contributed by atoms with Gasteiger partial charge in [0.25, 0.3) is 5.91 Å². The number of hydrogen-bond acceptors (Lipinski definition) is 4. The van der Waals surface area contributed by atoms with E-state index in [2.05, 4.69) is 10.9 Å². The molecular formula is C20H24N2O4. The van der Waals surface area contributed by atoms with Crippen LogP contribution in [-0.2, 0) is 4.79 Å². The summed E-state index contributed by atoms with van der Waals surface area (Å²) in [5, 5.41) is 0. The van der Waals surface area contributed by atoms with Crippen LogP contribution in [0.15, 0.2) is 48.5 Å². The maximum atomic E-state index is 12.0. The van der Waals surface area contributed by atoms with Crippen molar-refractivity contribution in [2.24, 2.45) is 0 Å². The molecule has 0 heterocycles. The van der Waals surface area contributed by atoms with Crippen LogP contribution < -0.4 is 20.3 Å². The first-order chi connectivity index (χ1) is 12.6. The fourth-order valence-electron chi connectivity index (χ4n) is 2.31. The Labute approximate surface area is 153 Å². The smallest absolute Gasteiger partial charge is 0.269 e. The number of benzene rings is 2. The van der Waals surface area contributed by atoms with Gasteiger partial charge in [0.05, 0.1) is 13.2 Å². The van der Waals surface area contributed by atoms with Crippen LogP contribution in [0.5, 0.6) is 11.5 Å². The SMILES string of the molecule is CCOc1ccc(OCCCC(=O)NNC(=O)c2ccccc2C)cc1. The molecule has 0 aliphatic heterocycles. The lowest BCUT2D eigenvalue weighted by Crippen LogP contribution is -2.41. The van der Waals surface area contributed by atoms with Crippen molar-refractivity contribution in [2.75, 3.05) is 13.2 Å². The molecule has 0 radical (unpaired) electrons. The highest BCUT2D eigenvalue weighted by Gasteiger charge is 2.09. The first-order valence-corrected chi connectivity index (χ1v) is 8.60. The molecule has 0 aliphatic rings. The highest BCUT2D eigenvalue weighted by Crippen LogP contribution is 2.17. The Hall–Kier alpha value is -3.02. The van der Waals surface area contributed by atoms with Crippen LogP contribution in [0.4, 0.5) is 0 Å². The lowest BCUT2D eigenvalue weighted by molar-refractivity contribution is -0.122. The summed E-state index contributed by atoms with van der Waals surface area (Å²) in [5.74, 6) is 0.926. The van der Waals surface area contributed by atoms with Gasteiger partial charge in [0, 0.05) is 12.0 Å². The predicted octanol–water partition coefficient (Wildman–Crippen LogP) is 3.01. The van der Waals surface area contributed by atoms with Gasteiger partial charge in [-0.05, 0) is 56.2 Å². The van der Waals surface area contributed by atoms with Gasteiger partial charge in [-0.2, -0.15) is 0 Å². The van der Waals surface area contributed by atoms with Crippen LogP contribution in [0.3, 0.4) is 0 Å². The van der Waals surface area contributed by atoms with Gasteiger partial charge in [-0.1, -0.05) is 18.2 Å². The van der Waals surface area contributed by atoms with Crippen molar-refractivity contribution in [3.05, 3.63) is 59.7 Å². The van der Waals surface area contributed by atoms with Crippen molar-refractivity contribution in [1.82, 2.24) is 10.9 Å². The van der Waals surface area contributed by atoms with Gasteiger partial charge in [0.15, 0.2) is 0 Å². The van der Waals surface area contributed by atoms with Gasteiger partial charge in [0.1, 0.15) is 11.5 Å². The minimum absolute atomic E-state index is 0.255. The number of hydrogen-bond donors (Lipinski definition) is 2. The molecule has 0 saturated heterocycles. The predicted molar refractivity (Wildman–Crippen MR) is 99.1 cm³/mol. The summed E-state index contributed by atoms with van der Waals surface area (Å²) < 4.78 is 10.9. The molecule has 0 aromatic heterocycles. The third-order valence-electron chi connectivity index (χ3n) is 3.66. The topological polar surface area (TPSA) is 76.7 Å². The number of ether oxygens (including phenoxy) is 2. The third kappa shape index (κ3) is 6.12. The molecule has 0 unspecified atom stereocenters. The zero-order chi connectivity index (χ0) is 18.8. The zero-order valence-electron chi connectivity index (χ0n) is 15.1. The van der Waals surface area contributed by atoms with Crippen LogP contribution in [-0.4, -0.2) is 25.0 Å². The number of carbonyl (C=O) groups is 2. The Morgan fingerprint density at radius 3 is 2.23 bits per heavy atom. The minimum Gasteiger partial charge on any atom is -0.494 e. The molecule has 2 amide bonds. The van der Waals surface area contributed by atoms with Gasteiger partial charge in [-0.3, -0.25) is 20.4 Å². The van der Waals surface area contributed by atoms with E-state index in [1.807, 2.05) is 50.2 Å². The Morgan fingerprint density at radius 2 is 1.58 bits per heavy atom. The highest BCUT2D eigenvalue weighted by atomic mass is 16.5. The van der Waals surface area contributed by atoms with Crippen LogP contribution in [0.25, 0.3) is 0 Å². The molecule has 6 nitrogen and oxygen atoms in total. The largest absolute Gasteiger partial charge is 0.494 e. The highest BCUT2D eigenvalue weighted by molar-refractivity contribution is 5.96. The first-order valence-electron chi connectivity index (χ1n) is 8.60. The summed E-state index contributed by atoms with van der Waals surface area (Å²) in [7, 11) is 0. The van der Waals surface area contributed by atoms with Crippen LogP contribution >= 0.6 is 0 Å². The van der Waals surface area contributed by atoms with Crippen molar-refractivity contribution in [2.45, 2.75) is 26.7 Å². The van der Waals surface area contributed by atoms with Crippen molar-refractivity contribution < 1.29 is 19.1 Å². The van der Waals surface area contributed by atoms with E-state index >= 15 is 0 Å². The Balaban J connectivity index is 1.64. The van der Waals surface area contributed by atoms with Crippen molar-refractivity contribution in [3.8, 4) is 11.5 Å². The summed E-state index contributed by atoms with van der Waals surface area (Å²) in [6.07, 6.45) is 0.796. The molecule has 0 atom stereocenters. The van der Waals surface area contributed by atoms with Crippen molar-refractivity contribution in [1.29, 1.82) is 0 Å². The number of rotatable bonds is 8. The molecule has 2 rings (SSSR count). The average Bonchev–Trinajstić information content (AvgIpc) is 2.65. The summed E-state index contributed by atoms with van der Waals surface area (Å²) >= 11 is 0. The zero-order valence-corrected chi connectivity index (χ0v) is 15.1. The van der Waals surface area contributed by atoms with E-state index in [4.69, 9.17) is 9.47 Å². The van der Waals surface area contributed by atoms with E-state index in [1.54, 1.807) is 12.1 Å². The second-order valence-electron chi connectivity index (χ2n) is 5.67. The molecule has 0 saturated carbocycles. The maximum absolute atomic E-state index is 12.0. The lowest BCUT2D eigenvalue weighted by Gasteiger charge is -2.10. The molecular weight excluding hydrogens is 332 g/mol. The van der Waals surface area contributed by atoms with E-state index in [9.17, 15) is 9.59 Å². The molecule has 0 aliphatic carbocycles. The number of aryl methyl sites for hydroxylation is 1. The van der Waals surface area contributed by atoms with Gasteiger partial charge in [-0.25, -0.2) is 0 Å². The Morgan fingerprint density at radius 1 is 0.923 bits per heavy atom. The molecule has 26 heavy (non-hydrogen) atoms. The molecule has 2 aromatic carbocycles. The van der Waals surface area contributed by atoms with Gasteiger partial charge < -0.3 is 9.47 Å². The number of hydrazine groups is 1. The quantitative estimate of drug-likeness (QED) is 0.563. The molecule has 2 N–H and O–H groups in total. The monoisotopic (exact) mass is 356 g/mol. The number of nitrogens with one attached hydrogen (secondary N) is 2. The second-order valence-corrected chi connectivity index (χ2v) is 5.67. The first kappa shape index (κ1) is 19.3. The molecule has 0 bridgehead atoms. The molecule has 6 heteroatoms. The fraction of sp³-hybridized carbons (Fsp3) is 0.300. The summed E-state index contributed by atoms with van der Waals surface area (Å²) in [6.45, 7) is 4.80. The fourth-order valence-corrected chi connectivity index (χ4v) is 2.31. The molecule has 2 aromatic rings. The second kappa shape index (κ2) is 10.1.